The van der Waals surface area contributed by atoms with Gasteiger partial charge in [-0.15, -0.1) is 0 Å². The van der Waals surface area contributed by atoms with E-state index in [0.717, 1.165) is 18.7 Å². The molecule has 0 radical (unpaired) electrons. The van der Waals surface area contributed by atoms with Crippen LogP contribution in [0.4, 0.5) is 4.79 Å². The van der Waals surface area contributed by atoms with Crippen molar-refractivity contribution in [1.29, 1.82) is 0 Å². The van der Waals surface area contributed by atoms with Crippen molar-refractivity contribution in [2.45, 2.75) is 51.4 Å². The van der Waals surface area contributed by atoms with Gasteiger partial charge in [-0.05, 0) is 59.0 Å². The van der Waals surface area contributed by atoms with E-state index >= 15 is 0 Å². The summed E-state index contributed by atoms with van der Waals surface area (Å²) in [6.45, 7) is 7.40. The first-order chi connectivity index (χ1) is 11.6. The zero-order chi connectivity index (χ0) is 18.6. The van der Waals surface area contributed by atoms with Crippen LogP contribution in [0.5, 0.6) is 5.75 Å². The number of carbonyl (C=O) groups excluding carboxylic acids is 1. The Kier molecular flexibility index (Phi) is 6.30. The predicted molar refractivity (Wildman–Crippen MR) is 98.6 cm³/mol. The van der Waals surface area contributed by atoms with Gasteiger partial charge in [0.1, 0.15) is 18.0 Å². The van der Waals surface area contributed by atoms with Crippen LogP contribution in [0.1, 0.15) is 32.8 Å². The van der Waals surface area contributed by atoms with Crippen LogP contribution in [0.25, 0.3) is 0 Å². The van der Waals surface area contributed by atoms with Crippen molar-refractivity contribution in [2.24, 2.45) is 5.73 Å². The number of rotatable bonds is 5. The van der Waals surface area contributed by atoms with Gasteiger partial charge in [-0.1, -0.05) is 12.1 Å². The number of benzene rings is 1. The average Bonchev–Trinajstić information content (AvgIpc) is 2.85. The summed E-state index contributed by atoms with van der Waals surface area (Å²) in [5, 5.41) is 0. The molecule has 6 heteroatoms. The minimum atomic E-state index is -0.516. The van der Waals surface area contributed by atoms with Crippen LogP contribution in [0.3, 0.4) is 0 Å². The van der Waals surface area contributed by atoms with Gasteiger partial charge in [-0.25, -0.2) is 4.79 Å². The molecule has 0 aromatic heterocycles. The lowest BCUT2D eigenvalue weighted by Gasteiger charge is -2.28. The number of amides is 1. The Balaban J connectivity index is 1.92. The molecule has 1 aliphatic heterocycles. The highest BCUT2D eigenvalue weighted by Crippen LogP contribution is 2.22. The Labute approximate surface area is 150 Å². The molecule has 0 aliphatic carbocycles. The first-order valence-corrected chi connectivity index (χ1v) is 8.76. The summed E-state index contributed by atoms with van der Waals surface area (Å²) in [6.07, 6.45) is 0.396. The molecule has 1 amide bonds. The molecule has 2 atom stereocenters. The Bertz CT molecular complexity index is 566. The van der Waals surface area contributed by atoms with E-state index in [-0.39, 0.29) is 18.2 Å². The second kappa shape index (κ2) is 8.06. The molecule has 1 aromatic carbocycles. The molecule has 1 saturated heterocycles. The third-order valence-electron chi connectivity index (χ3n) is 3.94. The molecule has 0 bridgehead atoms. The summed E-state index contributed by atoms with van der Waals surface area (Å²) in [5.74, 6) is 0.798. The van der Waals surface area contributed by atoms with E-state index in [9.17, 15) is 4.79 Å². The van der Waals surface area contributed by atoms with Crippen LogP contribution >= 0.6 is 0 Å². The summed E-state index contributed by atoms with van der Waals surface area (Å²) in [5.41, 5.74) is 6.76. The van der Waals surface area contributed by atoms with Gasteiger partial charge in [0.2, 0.25) is 0 Å². The Morgan fingerprint density at radius 3 is 2.48 bits per heavy atom. The zero-order valence-corrected chi connectivity index (χ0v) is 16.0. The molecule has 140 valence electrons. The number of likely N-dealkylation sites (tertiary alicyclic amines) is 1. The van der Waals surface area contributed by atoms with Gasteiger partial charge in [-0.2, -0.15) is 0 Å². The minimum absolute atomic E-state index is 0.0383. The van der Waals surface area contributed by atoms with Crippen molar-refractivity contribution in [3.8, 4) is 5.75 Å². The van der Waals surface area contributed by atoms with Gasteiger partial charge in [0, 0.05) is 19.1 Å². The third-order valence-corrected chi connectivity index (χ3v) is 3.94. The van der Waals surface area contributed by atoms with Gasteiger partial charge in [0.05, 0.1) is 6.04 Å². The topological polar surface area (TPSA) is 68.0 Å². The lowest BCUT2D eigenvalue weighted by molar-refractivity contribution is 0.0186. The van der Waals surface area contributed by atoms with Crippen LogP contribution in [0.2, 0.25) is 0 Å². The SMILES string of the molecule is CN(C)Cc1ccc(OC[C@@H]2C[C@H](N)CN2C(=O)OC(C)(C)C)cc1. The van der Waals surface area contributed by atoms with Crippen LogP contribution in [-0.2, 0) is 11.3 Å². The largest absolute Gasteiger partial charge is 0.491 e. The molecule has 25 heavy (non-hydrogen) atoms. The number of hydrogen-bond acceptors (Lipinski definition) is 5. The fourth-order valence-electron chi connectivity index (χ4n) is 2.90. The number of nitrogens with zero attached hydrogens (tertiary/aromatic N) is 2. The fraction of sp³-hybridized carbons (Fsp3) is 0.632. The molecule has 0 spiro atoms. The first-order valence-electron chi connectivity index (χ1n) is 8.76. The maximum absolute atomic E-state index is 12.4. The highest BCUT2D eigenvalue weighted by Gasteiger charge is 2.36. The van der Waals surface area contributed by atoms with E-state index in [4.69, 9.17) is 15.2 Å². The number of hydrogen-bond donors (Lipinski definition) is 1. The molecular formula is C19H31N3O3. The fourth-order valence-corrected chi connectivity index (χ4v) is 2.90. The monoisotopic (exact) mass is 349 g/mol. The molecule has 1 aromatic rings. The summed E-state index contributed by atoms with van der Waals surface area (Å²) < 4.78 is 11.4. The Morgan fingerprint density at radius 2 is 1.92 bits per heavy atom. The molecule has 0 saturated carbocycles. The van der Waals surface area contributed by atoms with Crippen molar-refractivity contribution in [2.75, 3.05) is 27.2 Å². The number of carbonyl (C=O) groups is 1. The van der Waals surface area contributed by atoms with Gasteiger partial charge in [0.25, 0.3) is 0 Å². The van der Waals surface area contributed by atoms with Gasteiger partial charge in [-0.3, -0.25) is 0 Å². The van der Waals surface area contributed by atoms with Crippen molar-refractivity contribution < 1.29 is 14.3 Å². The summed E-state index contributed by atoms with van der Waals surface area (Å²) in [4.78, 5) is 16.2. The molecule has 1 fully saturated rings. The smallest absolute Gasteiger partial charge is 0.410 e. The number of ether oxygens (including phenoxy) is 2. The Hall–Kier alpha value is -1.79. The number of nitrogens with two attached hydrogens (primary N) is 1. The van der Waals surface area contributed by atoms with E-state index in [1.54, 1.807) is 4.90 Å². The van der Waals surface area contributed by atoms with E-state index < -0.39 is 5.60 Å². The Morgan fingerprint density at radius 1 is 1.28 bits per heavy atom. The highest BCUT2D eigenvalue weighted by atomic mass is 16.6. The van der Waals surface area contributed by atoms with Gasteiger partial charge in [0.15, 0.2) is 0 Å². The van der Waals surface area contributed by atoms with Crippen molar-refractivity contribution >= 4 is 6.09 Å². The van der Waals surface area contributed by atoms with Crippen molar-refractivity contribution in [1.82, 2.24) is 9.80 Å². The molecule has 6 nitrogen and oxygen atoms in total. The van der Waals surface area contributed by atoms with Crippen molar-refractivity contribution in [3.63, 3.8) is 0 Å². The lowest BCUT2D eigenvalue weighted by Crippen LogP contribution is -2.42. The van der Waals surface area contributed by atoms with E-state index in [2.05, 4.69) is 17.0 Å². The normalized spacial score (nSPS) is 20.8. The van der Waals surface area contributed by atoms with Crippen LogP contribution in [0, 0.1) is 0 Å². The highest BCUT2D eigenvalue weighted by molar-refractivity contribution is 5.69. The zero-order valence-electron chi connectivity index (χ0n) is 16.0. The van der Waals surface area contributed by atoms with Crippen LogP contribution in [0.15, 0.2) is 24.3 Å². The maximum atomic E-state index is 12.4. The maximum Gasteiger partial charge on any atom is 0.410 e. The van der Waals surface area contributed by atoms with Gasteiger partial charge < -0.3 is 25.0 Å². The predicted octanol–water partition coefficient (Wildman–Crippen LogP) is 2.46. The molecule has 0 unspecified atom stereocenters. The second-order valence-electron chi connectivity index (χ2n) is 7.98. The summed E-state index contributed by atoms with van der Waals surface area (Å²) in [7, 11) is 4.08. The van der Waals surface area contributed by atoms with Crippen LogP contribution in [-0.4, -0.2) is 60.8 Å². The molecule has 1 heterocycles. The van der Waals surface area contributed by atoms with Gasteiger partial charge >= 0.3 is 6.09 Å². The van der Waals surface area contributed by atoms with E-state index in [1.165, 1.54) is 5.56 Å². The summed E-state index contributed by atoms with van der Waals surface area (Å²) in [6, 6.07) is 7.94. The standard InChI is InChI=1S/C19H31N3O3/c1-19(2,3)25-18(23)22-12-15(20)10-16(22)13-24-17-8-6-14(7-9-17)11-21(4)5/h6-9,15-16H,10-13,20H2,1-5H3/t15-,16-/m0/s1. The molecular weight excluding hydrogens is 318 g/mol. The molecule has 2 rings (SSSR count). The van der Waals surface area contributed by atoms with E-state index in [1.807, 2.05) is 47.0 Å². The van der Waals surface area contributed by atoms with E-state index in [0.29, 0.717) is 13.2 Å². The van der Waals surface area contributed by atoms with Crippen LogP contribution < -0.4 is 10.5 Å². The van der Waals surface area contributed by atoms with Crippen molar-refractivity contribution in [3.05, 3.63) is 29.8 Å². The second-order valence-corrected chi connectivity index (χ2v) is 7.98. The average molecular weight is 349 g/mol. The quantitative estimate of drug-likeness (QED) is 0.884. The summed E-state index contributed by atoms with van der Waals surface area (Å²) >= 11 is 0. The third kappa shape index (κ3) is 6.21. The molecule has 1 aliphatic rings. The minimum Gasteiger partial charge on any atom is -0.491 e. The first kappa shape index (κ1) is 19.5. The lowest BCUT2D eigenvalue weighted by atomic mass is 10.2. The molecule has 2 N–H and O–H groups in total.